The number of fused-ring (bicyclic) bond motifs is 2. The number of carbonyl (C=O) groups excluding carboxylic acids is 1. The number of piperidine rings is 1. The summed E-state index contributed by atoms with van der Waals surface area (Å²) in [6.45, 7) is 1.72. The molecule has 3 heterocycles. The third-order valence-electron chi connectivity index (χ3n) is 5.49. The van der Waals surface area contributed by atoms with Gasteiger partial charge in [-0.2, -0.15) is 0 Å². The van der Waals surface area contributed by atoms with Crippen molar-refractivity contribution in [1.29, 1.82) is 0 Å². The molecule has 6 nitrogen and oxygen atoms in total. The van der Waals surface area contributed by atoms with Crippen LogP contribution in [0, 0.1) is 0 Å². The van der Waals surface area contributed by atoms with Crippen molar-refractivity contribution in [1.82, 2.24) is 20.3 Å². The number of nitrogens with zero attached hydrogens (tertiary/aromatic N) is 3. The predicted molar refractivity (Wildman–Crippen MR) is 111 cm³/mol. The van der Waals surface area contributed by atoms with E-state index in [9.17, 15) is 4.79 Å². The van der Waals surface area contributed by atoms with E-state index in [0.29, 0.717) is 5.56 Å². The van der Waals surface area contributed by atoms with Gasteiger partial charge in [-0.25, -0.2) is 9.97 Å². The zero-order valence-corrected chi connectivity index (χ0v) is 15.4. The van der Waals surface area contributed by atoms with Crippen molar-refractivity contribution >= 4 is 33.5 Å². The maximum Gasteiger partial charge on any atom is 0.253 e. The number of hydrogen-bond donors (Lipinski definition) is 2. The highest BCUT2D eigenvalue weighted by Crippen LogP contribution is 2.26. The zero-order valence-electron chi connectivity index (χ0n) is 15.4. The highest BCUT2D eigenvalue weighted by molar-refractivity contribution is 6.06. The van der Waals surface area contributed by atoms with Crippen LogP contribution < -0.4 is 10.2 Å². The fourth-order valence-corrected chi connectivity index (χ4v) is 4.00. The normalized spacial score (nSPS) is 15.2. The van der Waals surface area contributed by atoms with Crippen LogP contribution in [0.5, 0.6) is 0 Å². The maximum atomic E-state index is 12.7. The van der Waals surface area contributed by atoms with Crippen LogP contribution in [0.25, 0.3) is 21.8 Å². The number of nitrogens with one attached hydrogen (secondary N) is 2. The van der Waals surface area contributed by atoms with Gasteiger partial charge >= 0.3 is 0 Å². The summed E-state index contributed by atoms with van der Waals surface area (Å²) in [5.41, 5.74) is 2.65. The summed E-state index contributed by atoms with van der Waals surface area (Å²) < 4.78 is 0. The van der Waals surface area contributed by atoms with Crippen LogP contribution in [-0.4, -0.2) is 40.0 Å². The lowest BCUT2D eigenvalue weighted by Gasteiger charge is -2.33. The number of anilines is 1. The van der Waals surface area contributed by atoms with Crippen LogP contribution in [0.3, 0.4) is 0 Å². The lowest BCUT2D eigenvalue weighted by molar-refractivity contribution is 0.0933. The predicted octanol–water partition coefficient (Wildman–Crippen LogP) is 3.51. The smallest absolute Gasteiger partial charge is 0.253 e. The monoisotopic (exact) mass is 371 g/mol. The Morgan fingerprint density at radius 2 is 1.75 bits per heavy atom. The number of carbonyl (C=O) groups is 1. The first-order valence-electron chi connectivity index (χ1n) is 9.61. The Morgan fingerprint density at radius 1 is 1.00 bits per heavy atom. The highest BCUT2D eigenvalue weighted by atomic mass is 16.1. The third-order valence-corrected chi connectivity index (χ3v) is 5.49. The van der Waals surface area contributed by atoms with E-state index in [4.69, 9.17) is 0 Å². The minimum Gasteiger partial charge on any atom is -0.360 e. The summed E-state index contributed by atoms with van der Waals surface area (Å²) >= 11 is 0. The molecule has 1 aliphatic heterocycles. The second kappa shape index (κ2) is 6.96. The van der Waals surface area contributed by atoms with E-state index in [-0.39, 0.29) is 11.9 Å². The van der Waals surface area contributed by atoms with Gasteiger partial charge < -0.3 is 15.2 Å². The second-order valence-electron chi connectivity index (χ2n) is 7.20. The Kier molecular flexibility index (Phi) is 4.16. The Hall–Kier alpha value is -3.41. The molecule has 1 aliphatic rings. The molecule has 0 aliphatic carbocycles. The van der Waals surface area contributed by atoms with E-state index in [1.807, 2.05) is 42.5 Å². The molecule has 0 saturated carbocycles. The van der Waals surface area contributed by atoms with Crippen molar-refractivity contribution in [3.63, 3.8) is 0 Å². The summed E-state index contributed by atoms with van der Waals surface area (Å²) in [7, 11) is 0. The van der Waals surface area contributed by atoms with Crippen molar-refractivity contribution < 1.29 is 4.79 Å². The molecule has 0 radical (unpaired) electrons. The van der Waals surface area contributed by atoms with Crippen LogP contribution in [0.15, 0.2) is 61.1 Å². The number of para-hydroxylation sites is 2. The van der Waals surface area contributed by atoms with Gasteiger partial charge in [0, 0.05) is 41.6 Å². The fourth-order valence-electron chi connectivity index (χ4n) is 4.00. The van der Waals surface area contributed by atoms with Crippen LogP contribution in [-0.2, 0) is 0 Å². The number of hydrogen-bond acceptors (Lipinski definition) is 4. The first kappa shape index (κ1) is 16.7. The zero-order chi connectivity index (χ0) is 18.9. The molecule has 2 aromatic carbocycles. The average Bonchev–Trinajstić information content (AvgIpc) is 3.18. The molecule has 6 heteroatoms. The molecule has 0 spiro atoms. The van der Waals surface area contributed by atoms with E-state index in [2.05, 4.69) is 31.2 Å². The topological polar surface area (TPSA) is 73.9 Å². The number of rotatable bonds is 3. The number of aromatic amines is 1. The van der Waals surface area contributed by atoms with Gasteiger partial charge in [-0.15, -0.1) is 0 Å². The Balaban J connectivity index is 1.28. The van der Waals surface area contributed by atoms with Gasteiger partial charge in [0.05, 0.1) is 11.1 Å². The van der Waals surface area contributed by atoms with Gasteiger partial charge in [-0.3, -0.25) is 4.79 Å². The minimum absolute atomic E-state index is 0.0108. The molecule has 140 valence electrons. The lowest BCUT2D eigenvalue weighted by Crippen LogP contribution is -2.45. The summed E-state index contributed by atoms with van der Waals surface area (Å²) in [6.07, 6.45) is 5.21. The Labute approximate surface area is 162 Å². The van der Waals surface area contributed by atoms with Crippen LogP contribution in [0.4, 0.5) is 5.82 Å². The van der Waals surface area contributed by atoms with Crippen molar-refractivity contribution in [3.8, 4) is 0 Å². The molecule has 4 aromatic rings. The van der Waals surface area contributed by atoms with E-state index in [1.54, 1.807) is 12.5 Å². The van der Waals surface area contributed by atoms with Crippen molar-refractivity contribution in [3.05, 3.63) is 66.6 Å². The fraction of sp³-hybridized carbons (Fsp3) is 0.227. The summed E-state index contributed by atoms with van der Waals surface area (Å²) in [4.78, 5) is 27.1. The van der Waals surface area contributed by atoms with E-state index in [0.717, 1.165) is 53.6 Å². The average molecular weight is 371 g/mol. The molecule has 5 rings (SSSR count). The van der Waals surface area contributed by atoms with Crippen molar-refractivity contribution in [2.24, 2.45) is 0 Å². The first-order valence-corrected chi connectivity index (χ1v) is 9.61. The van der Waals surface area contributed by atoms with E-state index >= 15 is 0 Å². The molecular weight excluding hydrogens is 350 g/mol. The molecule has 2 N–H and O–H groups in total. The molecule has 2 aromatic heterocycles. The lowest BCUT2D eigenvalue weighted by atomic mass is 10.0. The highest BCUT2D eigenvalue weighted by Gasteiger charge is 2.24. The molecule has 0 atom stereocenters. The molecule has 1 fully saturated rings. The van der Waals surface area contributed by atoms with Crippen molar-refractivity contribution in [2.45, 2.75) is 18.9 Å². The molecule has 1 amide bonds. The second-order valence-corrected chi connectivity index (χ2v) is 7.20. The van der Waals surface area contributed by atoms with Crippen LogP contribution >= 0.6 is 0 Å². The first-order chi connectivity index (χ1) is 13.8. The van der Waals surface area contributed by atoms with Crippen LogP contribution in [0.1, 0.15) is 23.2 Å². The molecule has 1 saturated heterocycles. The Bertz CT molecular complexity index is 1140. The summed E-state index contributed by atoms with van der Waals surface area (Å²) in [5, 5.41) is 5.24. The van der Waals surface area contributed by atoms with Gasteiger partial charge in [-0.1, -0.05) is 30.3 Å². The van der Waals surface area contributed by atoms with E-state index in [1.165, 1.54) is 0 Å². The number of benzene rings is 2. The molecule has 28 heavy (non-hydrogen) atoms. The van der Waals surface area contributed by atoms with Gasteiger partial charge in [0.15, 0.2) is 0 Å². The van der Waals surface area contributed by atoms with E-state index < -0.39 is 0 Å². The third kappa shape index (κ3) is 2.97. The van der Waals surface area contributed by atoms with Crippen molar-refractivity contribution in [2.75, 3.05) is 18.0 Å². The molecular formula is C22H21N5O. The summed E-state index contributed by atoms with van der Waals surface area (Å²) in [5.74, 6) is 0.968. The largest absolute Gasteiger partial charge is 0.360 e. The van der Waals surface area contributed by atoms with Gasteiger partial charge in [0.25, 0.3) is 5.91 Å². The minimum atomic E-state index is -0.0108. The number of H-pyrrole nitrogens is 1. The molecule has 0 bridgehead atoms. The standard InChI is InChI=1S/C22H21N5O/c28-22(18-13-23-19-7-3-1-5-16(18)19)26-15-9-11-27(12-10-15)21-17-6-2-4-8-20(17)24-14-25-21/h1-8,13-15,23H,9-12H2,(H,26,28). The number of amides is 1. The molecule has 0 unspecified atom stereocenters. The van der Waals surface area contributed by atoms with Gasteiger partial charge in [0.1, 0.15) is 12.1 Å². The quantitative estimate of drug-likeness (QED) is 0.578. The van der Waals surface area contributed by atoms with Gasteiger partial charge in [-0.05, 0) is 31.0 Å². The SMILES string of the molecule is O=C(NC1CCN(c2ncnc3ccccc23)CC1)c1c[nH]c2ccccc12. The van der Waals surface area contributed by atoms with Gasteiger partial charge in [0.2, 0.25) is 0 Å². The van der Waals surface area contributed by atoms with Crippen LogP contribution in [0.2, 0.25) is 0 Å². The summed E-state index contributed by atoms with van der Waals surface area (Å²) in [6, 6.07) is 16.1. The Morgan fingerprint density at radius 3 is 2.61 bits per heavy atom. The maximum absolute atomic E-state index is 12.7. The number of aromatic nitrogens is 3.